The van der Waals surface area contributed by atoms with Crippen LogP contribution in [0.1, 0.15) is 24.2 Å². The van der Waals surface area contributed by atoms with E-state index in [1.165, 1.54) is 0 Å². The van der Waals surface area contributed by atoms with Gasteiger partial charge in [0.15, 0.2) is 0 Å². The van der Waals surface area contributed by atoms with Crippen molar-refractivity contribution in [3.63, 3.8) is 0 Å². The minimum absolute atomic E-state index is 0.593. The Balaban J connectivity index is 1.73. The first kappa shape index (κ1) is 16.7. The van der Waals surface area contributed by atoms with Gasteiger partial charge in [0.1, 0.15) is 17.9 Å². The van der Waals surface area contributed by atoms with Crippen molar-refractivity contribution in [2.75, 3.05) is 7.05 Å². The Morgan fingerprint density at radius 3 is 2.88 bits per heavy atom. The van der Waals surface area contributed by atoms with E-state index in [-0.39, 0.29) is 0 Å². The minimum atomic E-state index is 0.593. The monoisotopic (exact) mass is 345 g/mol. The smallest absolute Gasteiger partial charge is 0.226 e. The van der Waals surface area contributed by atoms with Crippen LogP contribution in [-0.2, 0) is 19.6 Å². The van der Waals surface area contributed by atoms with Crippen LogP contribution >= 0.6 is 11.6 Å². The summed E-state index contributed by atoms with van der Waals surface area (Å²) in [6.45, 7) is 6.24. The van der Waals surface area contributed by atoms with Crippen LogP contribution in [0.2, 0.25) is 5.02 Å². The summed E-state index contributed by atoms with van der Waals surface area (Å²) in [5.74, 6) is 2.35. The molecule has 2 heterocycles. The molecular formula is C17H20ClN5O. The Morgan fingerprint density at radius 1 is 1.29 bits per heavy atom. The molecule has 2 aromatic heterocycles. The number of aromatic nitrogens is 4. The van der Waals surface area contributed by atoms with Crippen molar-refractivity contribution in [1.82, 2.24) is 24.6 Å². The predicted octanol–water partition coefficient (Wildman–Crippen LogP) is 3.55. The molecule has 0 aliphatic heterocycles. The van der Waals surface area contributed by atoms with Crippen LogP contribution in [0.3, 0.4) is 0 Å². The molecule has 0 N–H and O–H groups in total. The van der Waals surface area contributed by atoms with Gasteiger partial charge in [-0.15, -0.1) is 10.2 Å². The summed E-state index contributed by atoms with van der Waals surface area (Å²) in [4.78, 5) is 6.76. The van der Waals surface area contributed by atoms with E-state index in [1.54, 1.807) is 6.33 Å². The van der Waals surface area contributed by atoms with Gasteiger partial charge in [-0.1, -0.05) is 17.7 Å². The molecular weight excluding hydrogens is 326 g/mol. The first-order valence-corrected chi connectivity index (χ1v) is 8.22. The van der Waals surface area contributed by atoms with Crippen molar-refractivity contribution in [3.05, 3.63) is 52.9 Å². The number of hydrogen-bond donors (Lipinski definition) is 0. The maximum atomic E-state index is 6.04. The summed E-state index contributed by atoms with van der Waals surface area (Å²) in [7, 11) is 2.03. The molecule has 0 unspecified atom stereocenters. The van der Waals surface area contributed by atoms with Crippen LogP contribution in [0, 0.1) is 6.92 Å². The molecule has 24 heavy (non-hydrogen) atoms. The van der Waals surface area contributed by atoms with E-state index in [1.807, 2.05) is 42.8 Å². The second kappa shape index (κ2) is 7.15. The minimum Gasteiger partial charge on any atom is -0.441 e. The van der Waals surface area contributed by atoms with Gasteiger partial charge in [-0.3, -0.25) is 4.90 Å². The van der Waals surface area contributed by atoms with Crippen molar-refractivity contribution in [3.8, 4) is 11.5 Å². The third-order valence-electron chi connectivity index (χ3n) is 3.83. The highest BCUT2D eigenvalue weighted by molar-refractivity contribution is 6.30. The van der Waals surface area contributed by atoms with Gasteiger partial charge in [-0.25, -0.2) is 4.98 Å². The fourth-order valence-electron chi connectivity index (χ4n) is 2.54. The van der Waals surface area contributed by atoms with E-state index in [4.69, 9.17) is 16.0 Å². The number of aryl methyl sites for hydroxylation is 2. The van der Waals surface area contributed by atoms with E-state index in [0.717, 1.165) is 29.4 Å². The maximum absolute atomic E-state index is 6.04. The number of oxazole rings is 1. The molecule has 126 valence electrons. The molecule has 0 spiro atoms. The molecule has 0 saturated carbocycles. The number of benzene rings is 1. The zero-order chi connectivity index (χ0) is 17.1. The molecule has 3 rings (SSSR count). The van der Waals surface area contributed by atoms with E-state index in [9.17, 15) is 0 Å². The number of hydrogen-bond acceptors (Lipinski definition) is 5. The first-order valence-electron chi connectivity index (χ1n) is 7.84. The fraction of sp³-hybridized carbons (Fsp3) is 0.353. The van der Waals surface area contributed by atoms with Gasteiger partial charge in [0, 0.05) is 23.7 Å². The average molecular weight is 346 g/mol. The van der Waals surface area contributed by atoms with Crippen molar-refractivity contribution < 1.29 is 4.42 Å². The van der Waals surface area contributed by atoms with Crippen LogP contribution < -0.4 is 0 Å². The van der Waals surface area contributed by atoms with Gasteiger partial charge in [-0.05, 0) is 39.1 Å². The Kier molecular flexibility index (Phi) is 4.97. The molecule has 0 aliphatic carbocycles. The molecule has 0 aliphatic rings. The van der Waals surface area contributed by atoms with Crippen molar-refractivity contribution >= 4 is 11.6 Å². The zero-order valence-corrected chi connectivity index (χ0v) is 14.8. The lowest BCUT2D eigenvalue weighted by molar-refractivity contribution is 0.300. The van der Waals surface area contributed by atoms with Crippen molar-refractivity contribution in [1.29, 1.82) is 0 Å². The van der Waals surface area contributed by atoms with Gasteiger partial charge in [0.2, 0.25) is 5.89 Å². The highest BCUT2D eigenvalue weighted by Gasteiger charge is 2.15. The predicted molar refractivity (Wildman–Crippen MR) is 92.6 cm³/mol. The normalized spacial score (nSPS) is 11.4. The second-order valence-corrected chi connectivity index (χ2v) is 6.17. The van der Waals surface area contributed by atoms with Gasteiger partial charge >= 0.3 is 0 Å². The third kappa shape index (κ3) is 3.66. The molecule has 0 amide bonds. The highest BCUT2D eigenvalue weighted by Crippen LogP contribution is 2.24. The molecule has 3 aromatic rings. The quantitative estimate of drug-likeness (QED) is 0.683. The summed E-state index contributed by atoms with van der Waals surface area (Å²) in [6, 6.07) is 7.51. The van der Waals surface area contributed by atoms with Crippen molar-refractivity contribution in [2.45, 2.75) is 33.5 Å². The molecule has 6 nitrogen and oxygen atoms in total. The maximum Gasteiger partial charge on any atom is 0.226 e. The molecule has 0 radical (unpaired) electrons. The van der Waals surface area contributed by atoms with Gasteiger partial charge in [-0.2, -0.15) is 0 Å². The average Bonchev–Trinajstić information content (AvgIpc) is 3.14. The van der Waals surface area contributed by atoms with E-state index in [0.29, 0.717) is 24.0 Å². The lowest BCUT2D eigenvalue weighted by Crippen LogP contribution is -2.20. The topological polar surface area (TPSA) is 60.0 Å². The number of nitrogens with zero attached hydrogens (tertiary/aromatic N) is 5. The van der Waals surface area contributed by atoms with Gasteiger partial charge in [0.05, 0.1) is 12.2 Å². The fourth-order valence-corrected chi connectivity index (χ4v) is 2.73. The molecule has 0 saturated heterocycles. The Bertz CT molecular complexity index is 826. The second-order valence-electron chi connectivity index (χ2n) is 5.74. The summed E-state index contributed by atoms with van der Waals surface area (Å²) in [5, 5.41) is 8.80. The Hall–Kier alpha value is -2.18. The van der Waals surface area contributed by atoms with Crippen molar-refractivity contribution in [2.24, 2.45) is 0 Å². The molecule has 0 bridgehead atoms. The highest BCUT2D eigenvalue weighted by atomic mass is 35.5. The summed E-state index contributed by atoms with van der Waals surface area (Å²) in [5.41, 5.74) is 1.79. The van der Waals surface area contributed by atoms with E-state index < -0.39 is 0 Å². The lowest BCUT2D eigenvalue weighted by Gasteiger charge is -2.15. The van der Waals surface area contributed by atoms with E-state index in [2.05, 4.69) is 27.0 Å². The Labute approximate surface area is 146 Å². The van der Waals surface area contributed by atoms with E-state index >= 15 is 0 Å². The molecule has 7 heteroatoms. The number of rotatable bonds is 6. The third-order valence-corrected chi connectivity index (χ3v) is 4.07. The number of halogens is 1. The van der Waals surface area contributed by atoms with Crippen LogP contribution in [0.5, 0.6) is 0 Å². The zero-order valence-electron chi connectivity index (χ0n) is 14.0. The molecule has 1 aromatic carbocycles. The summed E-state index contributed by atoms with van der Waals surface area (Å²) in [6.07, 6.45) is 1.75. The van der Waals surface area contributed by atoms with Crippen LogP contribution in [-0.4, -0.2) is 31.7 Å². The largest absolute Gasteiger partial charge is 0.441 e. The SMILES string of the molecule is CCn1cnnc1CN(C)Cc1nc(-c2cccc(Cl)c2)oc1C. The summed E-state index contributed by atoms with van der Waals surface area (Å²) < 4.78 is 7.84. The first-order chi connectivity index (χ1) is 11.6. The van der Waals surface area contributed by atoms with Crippen LogP contribution in [0.25, 0.3) is 11.5 Å². The molecule has 0 atom stereocenters. The summed E-state index contributed by atoms with van der Waals surface area (Å²) >= 11 is 6.04. The molecule has 0 fully saturated rings. The lowest BCUT2D eigenvalue weighted by atomic mass is 10.2. The Morgan fingerprint density at radius 2 is 2.12 bits per heavy atom. The van der Waals surface area contributed by atoms with Gasteiger partial charge < -0.3 is 8.98 Å². The standard InChI is InChI=1S/C17H20ClN5O/c1-4-23-11-19-21-16(23)10-22(3)9-15-12(2)24-17(20-15)13-6-5-7-14(18)8-13/h5-8,11H,4,9-10H2,1-3H3. The van der Waals surface area contributed by atoms with Crippen LogP contribution in [0.15, 0.2) is 35.0 Å². The van der Waals surface area contributed by atoms with Crippen LogP contribution in [0.4, 0.5) is 0 Å². The van der Waals surface area contributed by atoms with Gasteiger partial charge in [0.25, 0.3) is 0 Å².